The fraction of sp³-hybridized carbons (Fsp3) is 0.562. The Hall–Kier alpha value is -1.10. The van der Waals surface area contributed by atoms with Crippen LogP contribution >= 0.6 is 11.6 Å². The predicted octanol–water partition coefficient (Wildman–Crippen LogP) is 3.28. The van der Waals surface area contributed by atoms with Gasteiger partial charge in [-0.1, -0.05) is 25.4 Å². The lowest BCUT2D eigenvalue weighted by Crippen LogP contribution is -2.37. The third-order valence-electron chi connectivity index (χ3n) is 3.97. The Balaban J connectivity index is 2.26. The van der Waals surface area contributed by atoms with Gasteiger partial charge in [-0.05, 0) is 37.5 Å². The maximum atomic E-state index is 9.19. The molecule has 4 nitrogen and oxygen atoms in total. The third-order valence-corrected chi connectivity index (χ3v) is 4.21. The van der Waals surface area contributed by atoms with Crippen LogP contribution in [0.1, 0.15) is 39.1 Å². The van der Waals surface area contributed by atoms with Crippen molar-refractivity contribution in [3.63, 3.8) is 0 Å². The van der Waals surface area contributed by atoms with Gasteiger partial charge in [0, 0.05) is 24.7 Å². The maximum absolute atomic E-state index is 9.19. The second kappa shape index (κ2) is 6.77. The minimum Gasteiger partial charge on any atom is -0.396 e. The molecule has 1 aromatic carbocycles. The van der Waals surface area contributed by atoms with Gasteiger partial charge in [-0.2, -0.15) is 0 Å². The fourth-order valence-electron chi connectivity index (χ4n) is 2.72. The monoisotopic (exact) mass is 309 g/mol. The highest BCUT2D eigenvalue weighted by Gasteiger charge is 2.20. The maximum Gasteiger partial charge on any atom is 0.126 e. The first-order valence-corrected chi connectivity index (χ1v) is 7.80. The zero-order valence-corrected chi connectivity index (χ0v) is 13.9. The molecule has 0 aliphatic carbocycles. The van der Waals surface area contributed by atoms with Gasteiger partial charge < -0.3 is 15.0 Å². The first-order valence-electron chi connectivity index (χ1n) is 7.42. The zero-order valence-electron chi connectivity index (χ0n) is 13.1. The zero-order chi connectivity index (χ0) is 15.6. The van der Waals surface area contributed by atoms with E-state index in [-0.39, 0.29) is 18.7 Å². The molecule has 0 aliphatic rings. The average Bonchev–Trinajstić information content (AvgIpc) is 2.74. The quantitative estimate of drug-likeness (QED) is 0.861. The Morgan fingerprint density at radius 1 is 1.33 bits per heavy atom. The molecular formula is C16H24ClN3O. The normalized spacial score (nSPS) is 14.8. The SMILES string of the molecule is CC(NC(CCO)C(C)C)c1nc2cc(Cl)ccc2n1C. The number of hydrogen-bond donors (Lipinski definition) is 2. The summed E-state index contributed by atoms with van der Waals surface area (Å²) in [7, 11) is 2.02. The highest BCUT2D eigenvalue weighted by molar-refractivity contribution is 6.31. The van der Waals surface area contributed by atoms with Crippen LogP contribution in [0.25, 0.3) is 11.0 Å². The lowest BCUT2D eigenvalue weighted by atomic mass is 10.0. The summed E-state index contributed by atoms with van der Waals surface area (Å²) in [6.07, 6.45) is 0.748. The highest BCUT2D eigenvalue weighted by atomic mass is 35.5. The van der Waals surface area contributed by atoms with E-state index < -0.39 is 0 Å². The minimum absolute atomic E-state index is 0.111. The number of aryl methyl sites for hydroxylation is 1. The van der Waals surface area contributed by atoms with Gasteiger partial charge in [0.2, 0.25) is 0 Å². The molecule has 0 radical (unpaired) electrons. The van der Waals surface area contributed by atoms with Gasteiger partial charge in [-0.25, -0.2) is 4.98 Å². The van der Waals surface area contributed by atoms with Gasteiger partial charge in [-0.3, -0.25) is 0 Å². The van der Waals surface area contributed by atoms with Gasteiger partial charge in [-0.15, -0.1) is 0 Å². The van der Waals surface area contributed by atoms with Crippen molar-refractivity contribution in [2.75, 3.05) is 6.61 Å². The number of aliphatic hydroxyl groups excluding tert-OH is 1. The largest absolute Gasteiger partial charge is 0.396 e. The second-order valence-electron chi connectivity index (χ2n) is 5.91. The number of halogens is 1. The summed E-state index contributed by atoms with van der Waals surface area (Å²) in [4.78, 5) is 4.70. The molecule has 1 heterocycles. The van der Waals surface area contributed by atoms with E-state index in [9.17, 15) is 5.11 Å². The Kier molecular flexibility index (Phi) is 5.25. The molecule has 0 spiro atoms. The molecule has 2 N–H and O–H groups in total. The topological polar surface area (TPSA) is 50.1 Å². The molecule has 0 amide bonds. The van der Waals surface area contributed by atoms with Crippen LogP contribution in [-0.4, -0.2) is 27.3 Å². The van der Waals surface area contributed by atoms with Crippen LogP contribution in [0.4, 0.5) is 0 Å². The molecule has 0 aliphatic heterocycles. The Bertz CT molecular complexity index is 609. The third kappa shape index (κ3) is 3.57. The number of nitrogens with one attached hydrogen (secondary N) is 1. The molecule has 2 atom stereocenters. The van der Waals surface area contributed by atoms with E-state index in [2.05, 4.69) is 30.7 Å². The van der Waals surface area contributed by atoms with Crippen molar-refractivity contribution in [2.45, 2.75) is 39.3 Å². The van der Waals surface area contributed by atoms with E-state index in [4.69, 9.17) is 16.6 Å². The minimum atomic E-state index is 0.111. The van der Waals surface area contributed by atoms with E-state index >= 15 is 0 Å². The lowest BCUT2D eigenvalue weighted by Gasteiger charge is -2.25. The van der Waals surface area contributed by atoms with Crippen molar-refractivity contribution < 1.29 is 5.11 Å². The molecule has 0 saturated carbocycles. The summed E-state index contributed by atoms with van der Waals surface area (Å²) in [6.45, 7) is 6.62. The van der Waals surface area contributed by atoms with Crippen LogP contribution in [0.3, 0.4) is 0 Å². The summed E-state index contributed by atoms with van der Waals surface area (Å²) in [6, 6.07) is 6.15. The van der Waals surface area contributed by atoms with E-state index in [0.717, 1.165) is 23.3 Å². The lowest BCUT2D eigenvalue weighted by molar-refractivity contribution is 0.235. The molecule has 1 aromatic heterocycles. The van der Waals surface area contributed by atoms with Gasteiger partial charge >= 0.3 is 0 Å². The number of fused-ring (bicyclic) bond motifs is 1. The van der Waals surface area contributed by atoms with Crippen LogP contribution in [0, 0.1) is 5.92 Å². The number of aromatic nitrogens is 2. The Morgan fingerprint density at radius 3 is 2.67 bits per heavy atom. The molecule has 2 rings (SSSR count). The van der Waals surface area contributed by atoms with Crippen molar-refractivity contribution in [3.05, 3.63) is 29.0 Å². The number of aliphatic hydroxyl groups is 1. The smallest absolute Gasteiger partial charge is 0.126 e. The summed E-state index contributed by atoms with van der Waals surface area (Å²) < 4.78 is 2.10. The molecule has 0 bridgehead atoms. The van der Waals surface area contributed by atoms with Gasteiger partial charge in [0.25, 0.3) is 0 Å². The molecular weight excluding hydrogens is 286 g/mol. The first-order chi connectivity index (χ1) is 9.93. The van der Waals surface area contributed by atoms with E-state index in [1.54, 1.807) is 0 Å². The van der Waals surface area contributed by atoms with Crippen molar-refractivity contribution in [3.8, 4) is 0 Å². The van der Waals surface area contributed by atoms with Crippen LogP contribution in [0.15, 0.2) is 18.2 Å². The van der Waals surface area contributed by atoms with Crippen LogP contribution in [0.2, 0.25) is 5.02 Å². The van der Waals surface area contributed by atoms with Gasteiger partial charge in [0.05, 0.1) is 17.1 Å². The van der Waals surface area contributed by atoms with Gasteiger partial charge in [0.15, 0.2) is 0 Å². The number of imidazole rings is 1. The van der Waals surface area contributed by atoms with Gasteiger partial charge in [0.1, 0.15) is 5.82 Å². The van der Waals surface area contributed by atoms with E-state index in [1.165, 1.54) is 0 Å². The summed E-state index contributed by atoms with van der Waals surface area (Å²) in [5.41, 5.74) is 1.99. The first kappa shape index (κ1) is 16.3. The van der Waals surface area contributed by atoms with Crippen molar-refractivity contribution in [1.29, 1.82) is 0 Å². The number of nitrogens with zero attached hydrogens (tertiary/aromatic N) is 2. The number of hydrogen-bond acceptors (Lipinski definition) is 3. The van der Waals surface area contributed by atoms with Crippen LogP contribution in [-0.2, 0) is 7.05 Å². The molecule has 0 fully saturated rings. The standard InChI is InChI=1S/C16H24ClN3O/c1-10(2)13(7-8-21)18-11(3)16-19-14-9-12(17)5-6-15(14)20(16)4/h5-6,9-11,13,18,21H,7-8H2,1-4H3. The Labute approximate surface area is 131 Å². The van der Waals surface area contributed by atoms with Crippen molar-refractivity contribution >= 4 is 22.6 Å². The Morgan fingerprint density at radius 2 is 2.05 bits per heavy atom. The molecule has 2 aromatic rings. The fourth-order valence-corrected chi connectivity index (χ4v) is 2.89. The summed E-state index contributed by atoms with van der Waals surface area (Å²) in [5.74, 6) is 1.44. The van der Waals surface area contributed by atoms with E-state index in [0.29, 0.717) is 10.9 Å². The predicted molar refractivity (Wildman–Crippen MR) is 87.6 cm³/mol. The second-order valence-corrected chi connectivity index (χ2v) is 6.35. The van der Waals surface area contributed by atoms with Crippen LogP contribution < -0.4 is 5.32 Å². The summed E-state index contributed by atoms with van der Waals surface area (Å²) in [5, 5.41) is 13.5. The average molecular weight is 310 g/mol. The molecule has 0 saturated heterocycles. The molecule has 21 heavy (non-hydrogen) atoms. The molecule has 5 heteroatoms. The number of benzene rings is 1. The summed E-state index contributed by atoms with van der Waals surface area (Å²) >= 11 is 6.03. The van der Waals surface area contributed by atoms with E-state index in [1.807, 2.05) is 25.2 Å². The number of rotatable bonds is 6. The van der Waals surface area contributed by atoms with Crippen LogP contribution in [0.5, 0.6) is 0 Å². The van der Waals surface area contributed by atoms with Crippen molar-refractivity contribution in [1.82, 2.24) is 14.9 Å². The molecule has 116 valence electrons. The molecule has 2 unspecified atom stereocenters. The highest BCUT2D eigenvalue weighted by Crippen LogP contribution is 2.23. The van der Waals surface area contributed by atoms with Crippen molar-refractivity contribution in [2.24, 2.45) is 13.0 Å².